The van der Waals surface area contributed by atoms with Crippen molar-refractivity contribution < 1.29 is 32.9 Å². The minimum Gasteiger partial charge on any atom is -0.487 e. The van der Waals surface area contributed by atoms with E-state index in [1.54, 1.807) is 19.1 Å². The van der Waals surface area contributed by atoms with E-state index in [2.05, 4.69) is 0 Å². The van der Waals surface area contributed by atoms with Gasteiger partial charge < -0.3 is 14.9 Å². The summed E-state index contributed by atoms with van der Waals surface area (Å²) in [6, 6.07) is 8.56. The summed E-state index contributed by atoms with van der Waals surface area (Å²) in [4.78, 5) is 13.3. The average Bonchev–Trinajstić information content (AvgIpc) is 2.81. The van der Waals surface area contributed by atoms with Gasteiger partial charge in [0, 0.05) is 24.2 Å². The maximum atomic E-state index is 13.6. The van der Waals surface area contributed by atoms with Crippen LogP contribution in [0.5, 0.6) is 5.75 Å². The Morgan fingerprint density at radius 1 is 1.11 bits per heavy atom. The molecule has 1 unspecified atom stereocenters. The highest BCUT2D eigenvalue weighted by Gasteiger charge is 2.42. The van der Waals surface area contributed by atoms with Gasteiger partial charge in [0.1, 0.15) is 11.4 Å². The van der Waals surface area contributed by atoms with E-state index >= 15 is 0 Å². The molecule has 0 amide bonds. The number of alkyl halides is 3. The summed E-state index contributed by atoms with van der Waals surface area (Å²) in [5.74, 6) is -1.40. The van der Waals surface area contributed by atoms with E-state index in [0.29, 0.717) is 37.2 Å². The fourth-order valence-corrected chi connectivity index (χ4v) is 5.31. The number of aliphatic carboxylic acids is 1. The molecule has 0 aliphatic carbocycles. The zero-order chi connectivity index (χ0) is 25.5. The van der Waals surface area contributed by atoms with Crippen LogP contribution < -0.4 is 4.74 Å². The number of fused-ring (bicyclic) bond motifs is 1. The lowest BCUT2D eigenvalue weighted by Gasteiger charge is -2.46. The zero-order valence-corrected chi connectivity index (χ0v) is 20.4. The molecule has 5 nitrogen and oxygen atoms in total. The number of nitrogens with zero attached hydrogens (tertiary/aromatic N) is 1. The average molecular weight is 512 g/mol. The molecule has 2 aliphatic rings. The Labute approximate surface area is 207 Å². The molecule has 0 bridgehead atoms. The van der Waals surface area contributed by atoms with Gasteiger partial charge in [-0.05, 0) is 80.5 Å². The van der Waals surface area contributed by atoms with Crippen LogP contribution in [-0.4, -0.2) is 39.8 Å². The zero-order valence-electron chi connectivity index (χ0n) is 19.6. The SMILES string of the molecule is CC(c1cc(Cl)ccc1C(F)(F)F)N1CCC2(CCc3ccc([C@H](O)[C@H](C)C(=O)O)cc3O2)CC1. The van der Waals surface area contributed by atoms with Crippen molar-refractivity contribution in [1.29, 1.82) is 0 Å². The molecule has 4 rings (SSSR count). The molecule has 2 aromatic carbocycles. The van der Waals surface area contributed by atoms with Gasteiger partial charge in [0.15, 0.2) is 0 Å². The third kappa shape index (κ3) is 5.29. The summed E-state index contributed by atoms with van der Waals surface area (Å²) >= 11 is 6.03. The van der Waals surface area contributed by atoms with Crippen LogP contribution in [0.25, 0.3) is 0 Å². The van der Waals surface area contributed by atoms with Gasteiger partial charge >= 0.3 is 12.1 Å². The number of ether oxygens (including phenoxy) is 1. The molecule has 35 heavy (non-hydrogen) atoms. The van der Waals surface area contributed by atoms with E-state index in [1.807, 2.05) is 11.0 Å². The van der Waals surface area contributed by atoms with Gasteiger partial charge in [0.2, 0.25) is 0 Å². The molecule has 9 heteroatoms. The fourth-order valence-electron chi connectivity index (χ4n) is 5.13. The number of carboxylic acid groups (broad SMARTS) is 1. The predicted octanol–water partition coefficient (Wildman–Crippen LogP) is 6.03. The maximum Gasteiger partial charge on any atom is 0.416 e. The standard InChI is InChI=1S/C26H29ClF3NO4/c1-15(24(33)34)23(32)18-4-3-17-7-8-25(35-22(17)13-18)9-11-31(12-10-25)16(2)20-14-19(27)5-6-21(20)26(28,29)30/h3-6,13-16,23,32H,7-12H2,1-2H3,(H,33,34)/t15-,16?,23+/m0/s1. The summed E-state index contributed by atoms with van der Waals surface area (Å²) < 4.78 is 47.2. The van der Waals surface area contributed by atoms with E-state index in [9.17, 15) is 28.2 Å². The first-order valence-corrected chi connectivity index (χ1v) is 12.1. The van der Waals surface area contributed by atoms with Crippen molar-refractivity contribution in [1.82, 2.24) is 4.90 Å². The molecule has 1 fully saturated rings. The molecule has 2 aromatic rings. The molecule has 3 atom stereocenters. The Balaban J connectivity index is 1.48. The number of aliphatic hydroxyl groups is 1. The molecule has 0 radical (unpaired) electrons. The van der Waals surface area contributed by atoms with Crippen LogP contribution in [0, 0.1) is 5.92 Å². The number of carbonyl (C=O) groups is 1. The van der Waals surface area contributed by atoms with Gasteiger partial charge in [-0.1, -0.05) is 23.7 Å². The van der Waals surface area contributed by atoms with E-state index in [0.717, 1.165) is 24.5 Å². The lowest BCUT2D eigenvalue weighted by molar-refractivity contribution is -0.145. The summed E-state index contributed by atoms with van der Waals surface area (Å²) in [5.41, 5.74) is 0.551. The van der Waals surface area contributed by atoms with Crippen molar-refractivity contribution in [2.45, 2.75) is 63.5 Å². The number of benzene rings is 2. The number of aliphatic hydroxyl groups excluding tert-OH is 1. The highest BCUT2D eigenvalue weighted by Crippen LogP contribution is 2.43. The lowest BCUT2D eigenvalue weighted by Crippen LogP contribution is -2.50. The number of hydrogen-bond acceptors (Lipinski definition) is 4. The van der Waals surface area contributed by atoms with Crippen molar-refractivity contribution in [3.63, 3.8) is 0 Å². The number of rotatable bonds is 5. The van der Waals surface area contributed by atoms with Crippen LogP contribution in [0.3, 0.4) is 0 Å². The summed E-state index contributed by atoms with van der Waals surface area (Å²) in [5, 5.41) is 19.9. The summed E-state index contributed by atoms with van der Waals surface area (Å²) in [6.07, 6.45) is -2.74. The Morgan fingerprint density at radius 3 is 2.43 bits per heavy atom. The van der Waals surface area contributed by atoms with Gasteiger partial charge in [-0.2, -0.15) is 13.2 Å². The lowest BCUT2D eigenvalue weighted by atomic mass is 9.82. The van der Waals surface area contributed by atoms with Crippen LogP contribution >= 0.6 is 11.6 Å². The molecular formula is C26H29ClF3NO4. The van der Waals surface area contributed by atoms with E-state index in [4.69, 9.17) is 16.3 Å². The smallest absolute Gasteiger partial charge is 0.416 e. The minimum absolute atomic E-state index is 0.169. The quantitative estimate of drug-likeness (QED) is 0.512. The van der Waals surface area contributed by atoms with Gasteiger partial charge in [-0.15, -0.1) is 0 Å². The number of hydrogen-bond donors (Lipinski definition) is 2. The number of aryl methyl sites for hydroxylation is 1. The third-order valence-electron chi connectivity index (χ3n) is 7.50. The number of likely N-dealkylation sites (tertiary alicyclic amines) is 1. The monoisotopic (exact) mass is 511 g/mol. The Bertz CT molecular complexity index is 1100. The van der Waals surface area contributed by atoms with Crippen LogP contribution in [0.2, 0.25) is 5.02 Å². The van der Waals surface area contributed by atoms with E-state index in [-0.39, 0.29) is 10.6 Å². The molecule has 1 spiro atoms. The van der Waals surface area contributed by atoms with Crippen molar-refractivity contribution in [3.05, 3.63) is 63.7 Å². The molecule has 0 aromatic heterocycles. The van der Waals surface area contributed by atoms with Crippen LogP contribution in [0.1, 0.15) is 67.5 Å². The Kier molecular flexibility index (Phi) is 7.10. The van der Waals surface area contributed by atoms with Crippen molar-refractivity contribution in [2.24, 2.45) is 5.92 Å². The molecule has 2 aliphatic heterocycles. The normalized spacial score (nSPS) is 20.5. The van der Waals surface area contributed by atoms with Crippen LogP contribution in [-0.2, 0) is 17.4 Å². The second-order valence-corrected chi connectivity index (χ2v) is 10.1. The number of piperidine rings is 1. The first-order chi connectivity index (χ1) is 16.4. The molecule has 190 valence electrons. The summed E-state index contributed by atoms with van der Waals surface area (Å²) in [7, 11) is 0. The molecule has 2 heterocycles. The van der Waals surface area contributed by atoms with Crippen LogP contribution in [0.15, 0.2) is 36.4 Å². The number of halogens is 4. The van der Waals surface area contributed by atoms with E-state index in [1.165, 1.54) is 19.1 Å². The van der Waals surface area contributed by atoms with Gasteiger partial charge in [0.25, 0.3) is 0 Å². The van der Waals surface area contributed by atoms with Gasteiger partial charge in [-0.3, -0.25) is 9.69 Å². The second-order valence-electron chi connectivity index (χ2n) is 9.67. The van der Waals surface area contributed by atoms with Crippen molar-refractivity contribution >= 4 is 17.6 Å². The van der Waals surface area contributed by atoms with E-state index < -0.39 is 41.4 Å². The first kappa shape index (κ1) is 25.8. The highest BCUT2D eigenvalue weighted by atomic mass is 35.5. The topological polar surface area (TPSA) is 70.0 Å². The maximum absolute atomic E-state index is 13.6. The first-order valence-electron chi connectivity index (χ1n) is 11.7. The Morgan fingerprint density at radius 2 is 1.80 bits per heavy atom. The third-order valence-corrected chi connectivity index (χ3v) is 7.73. The van der Waals surface area contributed by atoms with Crippen LogP contribution in [0.4, 0.5) is 13.2 Å². The second kappa shape index (κ2) is 9.64. The summed E-state index contributed by atoms with van der Waals surface area (Å²) in [6.45, 7) is 4.36. The predicted molar refractivity (Wildman–Crippen MR) is 126 cm³/mol. The van der Waals surface area contributed by atoms with Crippen molar-refractivity contribution in [2.75, 3.05) is 13.1 Å². The Hall–Kier alpha value is -2.29. The molecule has 1 saturated heterocycles. The minimum atomic E-state index is -4.46. The number of carboxylic acids is 1. The fraction of sp³-hybridized carbons (Fsp3) is 0.500. The van der Waals surface area contributed by atoms with Crippen molar-refractivity contribution in [3.8, 4) is 5.75 Å². The molecular weight excluding hydrogens is 483 g/mol. The largest absolute Gasteiger partial charge is 0.487 e. The van der Waals surface area contributed by atoms with Gasteiger partial charge in [0.05, 0.1) is 17.6 Å². The molecule has 0 saturated carbocycles. The van der Waals surface area contributed by atoms with Gasteiger partial charge in [-0.25, -0.2) is 0 Å². The molecule has 2 N–H and O–H groups in total. The highest BCUT2D eigenvalue weighted by molar-refractivity contribution is 6.30.